The molecule has 1 aliphatic rings. The van der Waals surface area contributed by atoms with Crippen LogP contribution in [0.2, 0.25) is 5.02 Å². The van der Waals surface area contributed by atoms with Gasteiger partial charge in [-0.05, 0) is 55.0 Å². The molecule has 0 radical (unpaired) electrons. The molecular weight excluding hydrogens is 451 g/mol. The lowest BCUT2D eigenvalue weighted by Crippen LogP contribution is -2.39. The first kappa shape index (κ1) is 24.9. The van der Waals surface area contributed by atoms with Gasteiger partial charge in [-0.1, -0.05) is 60.4 Å². The van der Waals surface area contributed by atoms with E-state index in [9.17, 15) is 23.1 Å². The van der Waals surface area contributed by atoms with Gasteiger partial charge in [0.2, 0.25) is 0 Å². The third-order valence-electron chi connectivity index (χ3n) is 5.79. The summed E-state index contributed by atoms with van der Waals surface area (Å²) in [5.74, 6) is 5.28. The maximum Gasteiger partial charge on any atom is 0.416 e. The van der Waals surface area contributed by atoms with Gasteiger partial charge in [0.25, 0.3) is 0 Å². The lowest BCUT2D eigenvalue weighted by atomic mass is 9.83. The summed E-state index contributed by atoms with van der Waals surface area (Å²) < 4.78 is 39.3. The molecule has 2 aromatic carbocycles. The molecule has 0 unspecified atom stereocenters. The molecule has 33 heavy (non-hydrogen) atoms. The Morgan fingerprint density at radius 1 is 1.24 bits per heavy atom. The highest BCUT2D eigenvalue weighted by atomic mass is 35.5. The zero-order chi connectivity index (χ0) is 24.2. The molecule has 174 valence electrons. The van der Waals surface area contributed by atoms with Gasteiger partial charge in [0.05, 0.1) is 11.6 Å². The minimum absolute atomic E-state index is 0.0131. The summed E-state index contributed by atoms with van der Waals surface area (Å²) >= 11 is 6.50. The first-order valence-electron chi connectivity index (χ1n) is 10.6. The third-order valence-corrected chi connectivity index (χ3v) is 6.14. The van der Waals surface area contributed by atoms with E-state index in [1.165, 1.54) is 12.1 Å². The van der Waals surface area contributed by atoms with Crippen molar-refractivity contribution in [1.82, 2.24) is 4.90 Å². The van der Waals surface area contributed by atoms with E-state index < -0.39 is 23.8 Å². The summed E-state index contributed by atoms with van der Waals surface area (Å²) in [7, 11) is 0. The lowest BCUT2D eigenvalue weighted by Gasteiger charge is -2.42. The van der Waals surface area contributed by atoms with E-state index in [2.05, 4.69) is 23.3 Å². The largest absolute Gasteiger partial charge is 0.481 e. The number of alkyl halides is 3. The Kier molecular flexibility index (Phi) is 7.88. The van der Waals surface area contributed by atoms with E-state index in [4.69, 9.17) is 11.6 Å². The highest BCUT2D eigenvalue weighted by Gasteiger charge is 2.36. The molecule has 0 saturated carbocycles. The fraction of sp³-hybridized carbons (Fsp3) is 0.346. The number of nitrogens with zero attached hydrogens (tertiary/aromatic N) is 1. The number of benzene rings is 2. The van der Waals surface area contributed by atoms with Crippen LogP contribution in [0.4, 0.5) is 13.2 Å². The zero-order valence-electron chi connectivity index (χ0n) is 18.2. The Bertz CT molecular complexity index is 1070. The molecule has 2 aromatic rings. The van der Waals surface area contributed by atoms with Gasteiger partial charge in [0.1, 0.15) is 0 Å². The smallest absolute Gasteiger partial charge is 0.416 e. The van der Waals surface area contributed by atoms with E-state index in [1.54, 1.807) is 13.0 Å². The molecule has 1 N–H and O–H groups in total. The number of halogens is 4. The molecule has 3 rings (SSSR count). The molecule has 0 amide bonds. The Hall–Kier alpha value is -2.75. The van der Waals surface area contributed by atoms with Crippen molar-refractivity contribution in [2.75, 3.05) is 6.54 Å². The third kappa shape index (κ3) is 6.40. The molecular formula is C26H25ClF3NO2. The van der Waals surface area contributed by atoms with Gasteiger partial charge < -0.3 is 5.11 Å². The van der Waals surface area contributed by atoms with Gasteiger partial charge in [0, 0.05) is 29.6 Å². The summed E-state index contributed by atoms with van der Waals surface area (Å²) in [4.78, 5) is 13.4. The van der Waals surface area contributed by atoms with Gasteiger partial charge in [-0.15, -0.1) is 0 Å². The fourth-order valence-corrected chi connectivity index (χ4v) is 4.49. The van der Waals surface area contributed by atoms with Crippen LogP contribution in [-0.4, -0.2) is 22.5 Å². The van der Waals surface area contributed by atoms with E-state index >= 15 is 0 Å². The van der Waals surface area contributed by atoms with Crippen LogP contribution in [-0.2, 0) is 11.0 Å². The summed E-state index contributed by atoms with van der Waals surface area (Å²) in [6.07, 6.45) is -3.28. The number of aliphatic carboxylic acids is 1. The number of allylic oxidation sites excluding steroid dienone is 1. The van der Waals surface area contributed by atoms with Crippen LogP contribution < -0.4 is 0 Å². The van der Waals surface area contributed by atoms with E-state index in [-0.39, 0.29) is 18.4 Å². The van der Waals surface area contributed by atoms with Gasteiger partial charge in [-0.3, -0.25) is 9.69 Å². The second kappa shape index (κ2) is 10.5. The molecule has 7 heteroatoms. The maximum atomic E-state index is 13.1. The monoisotopic (exact) mass is 475 g/mol. The second-order valence-corrected chi connectivity index (χ2v) is 8.74. The summed E-state index contributed by atoms with van der Waals surface area (Å²) in [6, 6.07) is 11.7. The number of carboxylic acids is 1. The molecule has 0 spiro atoms. The number of hydrogen-bond donors (Lipinski definition) is 1. The van der Waals surface area contributed by atoms with E-state index in [0.29, 0.717) is 35.5 Å². The van der Waals surface area contributed by atoms with Crippen LogP contribution in [0.15, 0.2) is 60.7 Å². The summed E-state index contributed by atoms with van der Waals surface area (Å²) in [5.41, 5.74) is 1.44. The average molecular weight is 476 g/mol. The van der Waals surface area contributed by atoms with Crippen LogP contribution in [0.1, 0.15) is 55.0 Å². The quantitative estimate of drug-likeness (QED) is 0.478. The Balaban J connectivity index is 2.05. The first-order chi connectivity index (χ1) is 15.6. The van der Waals surface area contributed by atoms with Crippen molar-refractivity contribution in [2.24, 2.45) is 5.92 Å². The van der Waals surface area contributed by atoms with E-state index in [0.717, 1.165) is 17.7 Å². The van der Waals surface area contributed by atoms with Gasteiger partial charge in [-0.25, -0.2) is 0 Å². The van der Waals surface area contributed by atoms with Crippen LogP contribution >= 0.6 is 11.6 Å². The Morgan fingerprint density at radius 2 is 1.91 bits per heavy atom. The molecule has 1 aliphatic heterocycles. The van der Waals surface area contributed by atoms with E-state index in [1.807, 2.05) is 18.2 Å². The van der Waals surface area contributed by atoms with Crippen molar-refractivity contribution in [3.63, 3.8) is 0 Å². The first-order valence-corrected chi connectivity index (χ1v) is 11.0. The van der Waals surface area contributed by atoms with Crippen molar-refractivity contribution >= 4 is 17.6 Å². The number of carbonyl (C=O) groups is 1. The predicted molar refractivity (Wildman–Crippen MR) is 123 cm³/mol. The molecule has 1 heterocycles. The summed E-state index contributed by atoms with van der Waals surface area (Å²) in [5, 5.41) is 9.83. The molecule has 0 aromatic heterocycles. The number of rotatable bonds is 5. The standard InChI is InChI=1S/C26H25ClF3NO2/c1-17(2)7-12-23(21-5-3-4-6-22(21)27)31-14-13-18(16-25(32)33)15-24(31)19-8-10-20(11-9-19)26(28,29)30/h3-6,8-11,18,23-24H,1,13-16H2,2H3,(H,32,33)/t18-,23+,24+/m0/s1. The topological polar surface area (TPSA) is 40.5 Å². The van der Waals surface area contributed by atoms with Crippen LogP contribution in [0.25, 0.3) is 0 Å². The Morgan fingerprint density at radius 3 is 2.48 bits per heavy atom. The minimum Gasteiger partial charge on any atom is -0.481 e. The molecule has 0 aliphatic carbocycles. The second-order valence-electron chi connectivity index (χ2n) is 8.34. The Labute approximate surface area is 196 Å². The molecule has 1 fully saturated rings. The van der Waals surface area contributed by atoms with Gasteiger partial charge >= 0.3 is 12.1 Å². The van der Waals surface area contributed by atoms with Gasteiger partial charge in [-0.2, -0.15) is 13.2 Å². The number of carboxylic acid groups (broad SMARTS) is 1. The number of piperidine rings is 1. The maximum absolute atomic E-state index is 13.1. The highest BCUT2D eigenvalue weighted by Crippen LogP contribution is 2.42. The summed E-state index contributed by atoms with van der Waals surface area (Å²) in [6.45, 7) is 6.17. The average Bonchev–Trinajstić information content (AvgIpc) is 2.74. The fourth-order valence-electron chi connectivity index (χ4n) is 4.25. The minimum atomic E-state index is -4.43. The highest BCUT2D eigenvalue weighted by molar-refractivity contribution is 6.31. The van der Waals surface area contributed by atoms with Gasteiger partial charge in [0.15, 0.2) is 0 Å². The molecule has 1 saturated heterocycles. The predicted octanol–water partition coefficient (Wildman–Crippen LogP) is 6.91. The van der Waals surface area contributed by atoms with Crippen molar-refractivity contribution in [2.45, 2.75) is 44.4 Å². The zero-order valence-corrected chi connectivity index (χ0v) is 19.0. The van der Waals surface area contributed by atoms with Crippen molar-refractivity contribution in [1.29, 1.82) is 0 Å². The van der Waals surface area contributed by atoms with Crippen LogP contribution in [0.5, 0.6) is 0 Å². The molecule has 0 bridgehead atoms. The van der Waals surface area contributed by atoms with Crippen molar-refractivity contribution in [3.8, 4) is 11.8 Å². The normalized spacial score (nSPS) is 19.9. The van der Waals surface area contributed by atoms with Crippen LogP contribution in [0.3, 0.4) is 0 Å². The van der Waals surface area contributed by atoms with Crippen molar-refractivity contribution < 1.29 is 23.1 Å². The number of hydrogen-bond acceptors (Lipinski definition) is 2. The molecule has 3 nitrogen and oxygen atoms in total. The van der Waals surface area contributed by atoms with Crippen molar-refractivity contribution in [3.05, 3.63) is 82.4 Å². The van der Waals surface area contributed by atoms with Crippen LogP contribution in [0, 0.1) is 17.8 Å². The molecule has 3 atom stereocenters. The lowest BCUT2D eigenvalue weighted by molar-refractivity contribution is -0.139. The SMILES string of the molecule is C=C(C)C#C[C@H](c1ccccc1Cl)N1CC[C@H](CC(=O)O)C[C@@H]1c1ccc(C(F)(F)F)cc1. The number of likely N-dealkylation sites (tertiary alicyclic amines) is 1.